The molecule has 0 spiro atoms. The number of amides is 1. The van der Waals surface area contributed by atoms with Gasteiger partial charge in [0, 0.05) is 24.9 Å². The van der Waals surface area contributed by atoms with Crippen molar-refractivity contribution in [3.05, 3.63) is 41.5 Å². The lowest BCUT2D eigenvalue weighted by Crippen LogP contribution is -2.31. The summed E-state index contributed by atoms with van der Waals surface area (Å²) in [6, 6.07) is 0. The van der Waals surface area contributed by atoms with E-state index in [0.29, 0.717) is 53.4 Å². The van der Waals surface area contributed by atoms with Crippen molar-refractivity contribution in [2.45, 2.75) is 51.9 Å². The van der Waals surface area contributed by atoms with Gasteiger partial charge in [0.05, 0.1) is 11.9 Å². The van der Waals surface area contributed by atoms with Crippen LogP contribution >= 0.6 is 0 Å². The van der Waals surface area contributed by atoms with Crippen LogP contribution in [0.15, 0.2) is 27.5 Å². The van der Waals surface area contributed by atoms with Gasteiger partial charge < -0.3 is 14.3 Å². The fraction of sp³-hybridized carbons (Fsp3) is 0.500. The lowest BCUT2D eigenvalue weighted by molar-refractivity contribution is 0.0940. The number of nitrogens with one attached hydrogen (secondary N) is 1. The van der Waals surface area contributed by atoms with E-state index in [-0.39, 0.29) is 11.8 Å². The summed E-state index contributed by atoms with van der Waals surface area (Å²) in [5, 5.41) is 15.3. The number of carbonyl (C=O) groups is 1. The Bertz CT molecular complexity index is 960. The summed E-state index contributed by atoms with van der Waals surface area (Å²) in [5.74, 6) is 2.19. The first kappa shape index (κ1) is 19.2. The Balaban J connectivity index is 1.29. The number of hydrogen-bond acceptors (Lipinski definition) is 8. The molecule has 3 heterocycles. The Hall–Kier alpha value is -3.10. The fourth-order valence-electron chi connectivity index (χ4n) is 3.80. The minimum atomic E-state index is -0.103. The van der Waals surface area contributed by atoms with Gasteiger partial charge in [-0.25, -0.2) is 4.98 Å². The molecule has 0 atom stereocenters. The van der Waals surface area contributed by atoms with Crippen molar-refractivity contribution in [2.24, 2.45) is 5.92 Å². The molecule has 0 aliphatic heterocycles. The molecule has 9 nitrogen and oxygen atoms in total. The predicted molar refractivity (Wildman–Crippen MR) is 103 cm³/mol. The summed E-state index contributed by atoms with van der Waals surface area (Å²) in [6.07, 6.45) is 9.39. The van der Waals surface area contributed by atoms with Crippen molar-refractivity contribution in [1.82, 2.24) is 30.6 Å². The lowest BCUT2D eigenvalue weighted by Gasteiger charge is -2.26. The molecule has 3 aromatic heterocycles. The summed E-state index contributed by atoms with van der Waals surface area (Å²) in [5.41, 5.74) is 1.86. The average molecular weight is 396 g/mol. The molecule has 1 fully saturated rings. The number of carbonyl (C=O) groups excluding carboxylic acids is 1. The Labute approximate surface area is 168 Å². The smallest absolute Gasteiger partial charge is 0.267 e. The SMILES string of the molecule is CCc1noc(C)c1C(=O)NCC1CCC(c2nnc(-c3cnccn3)o2)CC1. The van der Waals surface area contributed by atoms with Crippen LogP contribution in [0, 0.1) is 12.8 Å². The van der Waals surface area contributed by atoms with Gasteiger partial charge in [0.1, 0.15) is 17.0 Å². The number of nitrogens with zero attached hydrogens (tertiary/aromatic N) is 5. The maximum Gasteiger partial charge on any atom is 0.267 e. The van der Waals surface area contributed by atoms with Gasteiger partial charge in [-0.05, 0) is 44.9 Å². The van der Waals surface area contributed by atoms with Gasteiger partial charge in [0.15, 0.2) is 0 Å². The van der Waals surface area contributed by atoms with Crippen LogP contribution in [-0.2, 0) is 6.42 Å². The van der Waals surface area contributed by atoms with Crippen molar-refractivity contribution in [1.29, 1.82) is 0 Å². The Kier molecular flexibility index (Phi) is 5.64. The molecule has 152 valence electrons. The third kappa shape index (κ3) is 4.18. The van der Waals surface area contributed by atoms with Gasteiger partial charge in [0.25, 0.3) is 11.8 Å². The van der Waals surface area contributed by atoms with Crippen LogP contribution in [0.2, 0.25) is 0 Å². The van der Waals surface area contributed by atoms with Gasteiger partial charge in [-0.15, -0.1) is 10.2 Å². The Morgan fingerprint density at radius 1 is 1.21 bits per heavy atom. The quantitative estimate of drug-likeness (QED) is 0.675. The minimum absolute atomic E-state index is 0.103. The normalized spacial score (nSPS) is 19.2. The highest BCUT2D eigenvalue weighted by Gasteiger charge is 2.27. The molecule has 1 saturated carbocycles. The first-order chi connectivity index (χ1) is 14.2. The molecule has 1 aliphatic carbocycles. The first-order valence-corrected chi connectivity index (χ1v) is 9.98. The standard InChI is InChI=1S/C20H24N6O3/c1-3-15-17(12(2)29-26-15)18(27)23-10-13-4-6-14(7-5-13)19-24-25-20(28-19)16-11-21-8-9-22-16/h8-9,11,13-14H,3-7,10H2,1-2H3,(H,23,27). The van der Waals surface area contributed by atoms with E-state index >= 15 is 0 Å². The maximum atomic E-state index is 12.5. The van der Waals surface area contributed by atoms with E-state index < -0.39 is 0 Å². The molecule has 4 rings (SSSR count). The van der Waals surface area contributed by atoms with E-state index in [4.69, 9.17) is 8.94 Å². The molecule has 0 aromatic carbocycles. The molecule has 29 heavy (non-hydrogen) atoms. The molecule has 9 heteroatoms. The molecule has 1 N–H and O–H groups in total. The predicted octanol–water partition coefficient (Wildman–Crippen LogP) is 3.09. The second-order valence-corrected chi connectivity index (χ2v) is 7.38. The van der Waals surface area contributed by atoms with Crippen LogP contribution in [0.1, 0.15) is 66.2 Å². The first-order valence-electron chi connectivity index (χ1n) is 9.98. The van der Waals surface area contributed by atoms with E-state index in [1.54, 1.807) is 25.5 Å². The molecule has 1 aliphatic rings. The van der Waals surface area contributed by atoms with Gasteiger partial charge >= 0.3 is 0 Å². The Morgan fingerprint density at radius 3 is 2.76 bits per heavy atom. The van der Waals surface area contributed by atoms with Crippen LogP contribution in [0.3, 0.4) is 0 Å². The third-order valence-corrected chi connectivity index (χ3v) is 5.47. The third-order valence-electron chi connectivity index (χ3n) is 5.47. The molecule has 3 aromatic rings. The van der Waals surface area contributed by atoms with Crippen LogP contribution in [-0.4, -0.2) is 37.8 Å². The highest BCUT2D eigenvalue weighted by atomic mass is 16.5. The zero-order valence-corrected chi connectivity index (χ0v) is 16.6. The van der Waals surface area contributed by atoms with Gasteiger partial charge in [-0.1, -0.05) is 12.1 Å². The van der Waals surface area contributed by atoms with E-state index in [2.05, 4.69) is 30.6 Å². The monoisotopic (exact) mass is 396 g/mol. The molecule has 0 radical (unpaired) electrons. The molecule has 0 bridgehead atoms. The zero-order valence-electron chi connectivity index (χ0n) is 16.6. The Morgan fingerprint density at radius 2 is 2.03 bits per heavy atom. The summed E-state index contributed by atoms with van der Waals surface area (Å²) >= 11 is 0. The minimum Gasteiger partial charge on any atom is -0.419 e. The van der Waals surface area contributed by atoms with Crippen molar-refractivity contribution >= 4 is 5.91 Å². The molecular formula is C20H24N6O3. The zero-order chi connectivity index (χ0) is 20.2. The second-order valence-electron chi connectivity index (χ2n) is 7.38. The number of rotatable bonds is 6. The van der Waals surface area contributed by atoms with E-state index in [1.807, 2.05) is 6.92 Å². The molecule has 1 amide bonds. The number of hydrogen-bond donors (Lipinski definition) is 1. The largest absolute Gasteiger partial charge is 0.419 e. The van der Waals surface area contributed by atoms with Crippen molar-refractivity contribution in [3.8, 4) is 11.6 Å². The number of aryl methyl sites for hydroxylation is 2. The summed E-state index contributed by atoms with van der Waals surface area (Å²) in [6.45, 7) is 4.38. The van der Waals surface area contributed by atoms with E-state index in [1.165, 1.54) is 0 Å². The van der Waals surface area contributed by atoms with Gasteiger partial charge in [-0.2, -0.15) is 0 Å². The molecular weight excluding hydrogens is 372 g/mol. The lowest BCUT2D eigenvalue weighted by atomic mass is 9.82. The van der Waals surface area contributed by atoms with E-state index in [0.717, 1.165) is 25.7 Å². The van der Waals surface area contributed by atoms with Crippen LogP contribution in [0.5, 0.6) is 0 Å². The summed E-state index contributed by atoms with van der Waals surface area (Å²) < 4.78 is 11.0. The van der Waals surface area contributed by atoms with Crippen molar-refractivity contribution in [2.75, 3.05) is 6.54 Å². The highest BCUT2D eigenvalue weighted by Crippen LogP contribution is 2.35. The van der Waals surface area contributed by atoms with Crippen molar-refractivity contribution in [3.63, 3.8) is 0 Å². The fourth-order valence-corrected chi connectivity index (χ4v) is 3.80. The van der Waals surface area contributed by atoms with Crippen LogP contribution in [0.4, 0.5) is 0 Å². The molecule has 0 saturated heterocycles. The highest BCUT2D eigenvalue weighted by molar-refractivity contribution is 5.96. The second kappa shape index (κ2) is 8.50. The topological polar surface area (TPSA) is 120 Å². The summed E-state index contributed by atoms with van der Waals surface area (Å²) in [7, 11) is 0. The van der Waals surface area contributed by atoms with Crippen LogP contribution < -0.4 is 5.32 Å². The average Bonchev–Trinajstić information content (AvgIpc) is 3.40. The summed E-state index contributed by atoms with van der Waals surface area (Å²) in [4.78, 5) is 20.7. The van der Waals surface area contributed by atoms with E-state index in [9.17, 15) is 4.79 Å². The van der Waals surface area contributed by atoms with Gasteiger partial charge in [0.2, 0.25) is 5.89 Å². The van der Waals surface area contributed by atoms with Crippen molar-refractivity contribution < 1.29 is 13.7 Å². The molecule has 0 unspecified atom stereocenters. The van der Waals surface area contributed by atoms with Gasteiger partial charge in [-0.3, -0.25) is 9.78 Å². The number of aromatic nitrogens is 5. The maximum absolute atomic E-state index is 12.5. The van der Waals surface area contributed by atoms with Crippen LogP contribution in [0.25, 0.3) is 11.6 Å².